The smallest absolute Gasteiger partial charge is 0.248 e. The van der Waals surface area contributed by atoms with E-state index in [1.54, 1.807) is 32.0 Å². The van der Waals surface area contributed by atoms with Gasteiger partial charge in [-0.3, -0.25) is 9.10 Å². The number of carbonyl (C=O) groups is 1. The van der Waals surface area contributed by atoms with E-state index in [4.69, 9.17) is 11.6 Å². The number of carbonyl (C=O) groups excluding carboxylic acids is 1. The molecular formula is C18H20ClFN2O3S. The molecule has 0 fully saturated rings. The molecule has 1 atom stereocenters. The van der Waals surface area contributed by atoms with Crippen molar-refractivity contribution >= 4 is 38.9 Å². The lowest BCUT2D eigenvalue weighted by Crippen LogP contribution is -2.47. The molecule has 0 spiro atoms. The number of rotatable bonds is 6. The third-order valence-electron chi connectivity index (χ3n) is 3.87. The molecule has 5 nitrogen and oxygen atoms in total. The fraction of sp³-hybridized carbons (Fsp3) is 0.278. The summed E-state index contributed by atoms with van der Waals surface area (Å²) < 4.78 is 38.9. The number of nitrogens with one attached hydrogen (secondary N) is 1. The molecule has 140 valence electrons. The molecule has 0 aliphatic rings. The normalized spacial score (nSPS) is 12.5. The summed E-state index contributed by atoms with van der Waals surface area (Å²) in [6.45, 7) is 3.51. The monoisotopic (exact) mass is 398 g/mol. The van der Waals surface area contributed by atoms with Gasteiger partial charge in [-0.15, -0.1) is 0 Å². The van der Waals surface area contributed by atoms with Gasteiger partial charge in [0.1, 0.15) is 11.9 Å². The van der Waals surface area contributed by atoms with E-state index >= 15 is 0 Å². The standard InChI is InChI=1S/C18H20ClFN2O3S/c1-4-17(18(23)21-16-11-13(19)6-5-12(16)2)22(26(3,24)25)15-9-7-14(20)8-10-15/h5-11,17H,4H2,1-3H3,(H,21,23). The fourth-order valence-corrected chi connectivity index (χ4v) is 3.98. The van der Waals surface area contributed by atoms with E-state index in [2.05, 4.69) is 5.32 Å². The highest BCUT2D eigenvalue weighted by atomic mass is 35.5. The van der Waals surface area contributed by atoms with Gasteiger partial charge in [0.2, 0.25) is 15.9 Å². The Morgan fingerprint density at radius 2 is 1.85 bits per heavy atom. The summed E-state index contributed by atoms with van der Waals surface area (Å²) in [7, 11) is -3.77. The van der Waals surface area contributed by atoms with Crippen molar-refractivity contribution in [2.75, 3.05) is 15.9 Å². The minimum atomic E-state index is -3.77. The first-order valence-corrected chi connectivity index (χ1v) is 10.2. The van der Waals surface area contributed by atoms with Gasteiger partial charge in [0.05, 0.1) is 11.9 Å². The van der Waals surface area contributed by atoms with Crippen molar-refractivity contribution in [2.24, 2.45) is 0 Å². The Hall–Kier alpha value is -2.12. The van der Waals surface area contributed by atoms with E-state index in [-0.39, 0.29) is 12.1 Å². The first kappa shape index (κ1) is 20.2. The predicted octanol–water partition coefficient (Wildman–Crippen LogP) is 3.97. The maximum absolute atomic E-state index is 13.2. The van der Waals surface area contributed by atoms with Crippen molar-refractivity contribution in [1.82, 2.24) is 0 Å². The molecule has 2 aromatic rings. The van der Waals surface area contributed by atoms with Gasteiger partial charge in [-0.05, 0) is 55.3 Å². The summed E-state index contributed by atoms with van der Waals surface area (Å²) in [6.07, 6.45) is 1.24. The van der Waals surface area contributed by atoms with Crippen LogP contribution in [0.4, 0.5) is 15.8 Å². The highest BCUT2D eigenvalue weighted by molar-refractivity contribution is 7.92. The number of aryl methyl sites for hydroxylation is 1. The van der Waals surface area contributed by atoms with Gasteiger partial charge in [0.25, 0.3) is 0 Å². The molecule has 0 bridgehead atoms. The number of anilines is 2. The Morgan fingerprint density at radius 3 is 2.38 bits per heavy atom. The molecule has 2 aromatic carbocycles. The average Bonchev–Trinajstić information content (AvgIpc) is 2.56. The van der Waals surface area contributed by atoms with Gasteiger partial charge < -0.3 is 5.32 Å². The lowest BCUT2D eigenvalue weighted by atomic mass is 10.1. The lowest BCUT2D eigenvalue weighted by Gasteiger charge is -2.30. The first-order valence-electron chi connectivity index (χ1n) is 7.95. The molecule has 0 aromatic heterocycles. The average molecular weight is 399 g/mol. The molecule has 0 aliphatic heterocycles. The summed E-state index contributed by atoms with van der Waals surface area (Å²) in [4.78, 5) is 12.8. The minimum absolute atomic E-state index is 0.221. The molecule has 1 unspecified atom stereocenters. The van der Waals surface area contributed by atoms with Crippen LogP contribution in [0.5, 0.6) is 0 Å². The van der Waals surface area contributed by atoms with E-state index < -0.39 is 27.8 Å². The molecule has 1 amide bonds. The van der Waals surface area contributed by atoms with Gasteiger partial charge in [0.15, 0.2) is 0 Å². The number of sulfonamides is 1. The Morgan fingerprint density at radius 1 is 1.23 bits per heavy atom. The fourth-order valence-electron chi connectivity index (χ4n) is 2.59. The van der Waals surface area contributed by atoms with Crippen LogP contribution >= 0.6 is 11.6 Å². The van der Waals surface area contributed by atoms with E-state index in [1.807, 2.05) is 0 Å². The molecule has 0 aliphatic carbocycles. The Labute approximate surface area is 157 Å². The zero-order valence-corrected chi connectivity index (χ0v) is 16.2. The largest absolute Gasteiger partial charge is 0.324 e. The highest BCUT2D eigenvalue weighted by Crippen LogP contribution is 2.25. The van der Waals surface area contributed by atoms with Crippen LogP contribution < -0.4 is 9.62 Å². The summed E-state index contributed by atoms with van der Waals surface area (Å²) in [5, 5.41) is 3.19. The van der Waals surface area contributed by atoms with Crippen molar-refractivity contribution in [1.29, 1.82) is 0 Å². The molecule has 0 saturated carbocycles. The second-order valence-corrected chi connectivity index (χ2v) is 8.20. The van der Waals surface area contributed by atoms with Gasteiger partial charge >= 0.3 is 0 Å². The topological polar surface area (TPSA) is 66.5 Å². The number of halogens is 2. The molecule has 1 N–H and O–H groups in total. The third-order valence-corrected chi connectivity index (χ3v) is 5.28. The molecule has 8 heteroatoms. The van der Waals surface area contributed by atoms with Crippen molar-refractivity contribution in [3.05, 3.63) is 58.9 Å². The summed E-state index contributed by atoms with van der Waals surface area (Å²) >= 11 is 5.97. The van der Waals surface area contributed by atoms with Crippen molar-refractivity contribution in [2.45, 2.75) is 26.3 Å². The Kier molecular flexibility index (Phi) is 6.26. The lowest BCUT2D eigenvalue weighted by molar-refractivity contribution is -0.117. The van der Waals surface area contributed by atoms with Gasteiger partial charge in [-0.2, -0.15) is 0 Å². The molecule has 0 heterocycles. The van der Waals surface area contributed by atoms with Crippen LogP contribution in [0, 0.1) is 12.7 Å². The SMILES string of the molecule is CCC(C(=O)Nc1cc(Cl)ccc1C)N(c1ccc(F)cc1)S(C)(=O)=O. The quantitative estimate of drug-likeness (QED) is 0.800. The van der Waals surface area contributed by atoms with Gasteiger partial charge in [-0.25, -0.2) is 12.8 Å². The number of amides is 1. The van der Waals surface area contributed by atoms with Crippen LogP contribution in [0.3, 0.4) is 0 Å². The second kappa shape index (κ2) is 8.05. The number of benzene rings is 2. The first-order chi connectivity index (χ1) is 12.1. The van der Waals surface area contributed by atoms with Crippen molar-refractivity contribution < 1.29 is 17.6 Å². The van der Waals surface area contributed by atoms with Gasteiger partial charge in [-0.1, -0.05) is 24.6 Å². The van der Waals surface area contributed by atoms with Crippen LogP contribution in [-0.4, -0.2) is 26.6 Å². The van der Waals surface area contributed by atoms with Gasteiger partial charge in [0, 0.05) is 10.7 Å². The van der Waals surface area contributed by atoms with Crippen molar-refractivity contribution in [3.63, 3.8) is 0 Å². The van der Waals surface area contributed by atoms with E-state index in [0.29, 0.717) is 10.7 Å². The van der Waals surface area contributed by atoms with Crippen LogP contribution in [0.15, 0.2) is 42.5 Å². The maximum Gasteiger partial charge on any atom is 0.248 e. The highest BCUT2D eigenvalue weighted by Gasteiger charge is 2.31. The van der Waals surface area contributed by atoms with E-state index in [1.165, 1.54) is 12.1 Å². The maximum atomic E-state index is 13.2. The second-order valence-electron chi connectivity index (χ2n) is 5.91. The summed E-state index contributed by atoms with van der Waals surface area (Å²) in [5.74, 6) is -0.984. The van der Waals surface area contributed by atoms with Crippen LogP contribution in [-0.2, 0) is 14.8 Å². The summed E-state index contributed by atoms with van der Waals surface area (Å²) in [5.41, 5.74) is 1.53. The Balaban J connectivity index is 2.39. The molecule has 2 rings (SSSR count). The minimum Gasteiger partial charge on any atom is -0.324 e. The summed E-state index contributed by atoms with van der Waals surface area (Å²) in [6, 6.07) is 9.03. The van der Waals surface area contributed by atoms with E-state index in [9.17, 15) is 17.6 Å². The zero-order chi connectivity index (χ0) is 19.5. The van der Waals surface area contributed by atoms with E-state index in [0.717, 1.165) is 28.3 Å². The number of hydrogen-bond donors (Lipinski definition) is 1. The third kappa shape index (κ3) is 4.74. The molecular weight excluding hydrogens is 379 g/mol. The number of hydrogen-bond acceptors (Lipinski definition) is 3. The molecule has 0 radical (unpaired) electrons. The van der Waals surface area contributed by atoms with Crippen LogP contribution in [0.1, 0.15) is 18.9 Å². The van der Waals surface area contributed by atoms with Crippen LogP contribution in [0.2, 0.25) is 5.02 Å². The predicted molar refractivity (Wildman–Crippen MR) is 103 cm³/mol. The van der Waals surface area contributed by atoms with Crippen LogP contribution in [0.25, 0.3) is 0 Å². The number of nitrogens with zero attached hydrogens (tertiary/aromatic N) is 1. The Bertz CT molecular complexity index is 901. The molecule has 26 heavy (non-hydrogen) atoms. The van der Waals surface area contributed by atoms with Crippen molar-refractivity contribution in [3.8, 4) is 0 Å². The zero-order valence-electron chi connectivity index (χ0n) is 14.7. The molecule has 0 saturated heterocycles.